The van der Waals surface area contributed by atoms with Crippen LogP contribution in [0.3, 0.4) is 0 Å². The first-order valence-corrected chi connectivity index (χ1v) is 5.76. The zero-order valence-corrected chi connectivity index (χ0v) is 10.8. The van der Waals surface area contributed by atoms with Crippen LogP contribution in [0.25, 0.3) is 0 Å². The Morgan fingerprint density at radius 3 is 2.67 bits per heavy atom. The van der Waals surface area contributed by atoms with E-state index in [-0.39, 0.29) is 5.54 Å². The molecule has 0 radical (unpaired) electrons. The summed E-state index contributed by atoms with van der Waals surface area (Å²) in [7, 11) is 0. The monoisotopic (exact) mass is 267 g/mol. The summed E-state index contributed by atoms with van der Waals surface area (Å²) in [5.41, 5.74) is 2.17. The Labute approximate surface area is 98.5 Å². The maximum absolute atomic E-state index is 5.58. The first-order valence-electron chi connectivity index (χ1n) is 4.97. The molecule has 80 valence electrons. The molecule has 0 saturated heterocycles. The fourth-order valence-electron chi connectivity index (χ4n) is 1.51. The third-order valence-corrected chi connectivity index (χ3v) is 3.26. The topological polar surface area (TPSA) is 21.6 Å². The van der Waals surface area contributed by atoms with Crippen LogP contribution >= 0.6 is 15.9 Å². The van der Waals surface area contributed by atoms with Gasteiger partial charge < -0.3 is 4.74 Å². The van der Waals surface area contributed by atoms with Gasteiger partial charge in [0, 0.05) is 10.0 Å². The van der Waals surface area contributed by atoms with E-state index in [1.54, 1.807) is 0 Å². The zero-order chi connectivity index (χ0) is 11.1. The number of halogens is 1. The molecule has 0 aliphatic carbocycles. The number of rotatable bonds is 1. The van der Waals surface area contributed by atoms with Gasteiger partial charge in [-0.3, -0.25) is 0 Å². The average Bonchev–Trinajstić information content (AvgIpc) is 2.51. The molecule has 0 bridgehead atoms. The van der Waals surface area contributed by atoms with Crippen LogP contribution in [0.2, 0.25) is 0 Å². The zero-order valence-electron chi connectivity index (χ0n) is 9.17. The van der Waals surface area contributed by atoms with Gasteiger partial charge in [-0.1, -0.05) is 15.9 Å². The molecule has 1 aliphatic heterocycles. The number of ether oxygens (including phenoxy) is 1. The van der Waals surface area contributed by atoms with E-state index >= 15 is 0 Å². The van der Waals surface area contributed by atoms with Crippen LogP contribution in [0.15, 0.2) is 27.7 Å². The maximum atomic E-state index is 5.58. The number of hydrogen-bond acceptors (Lipinski definition) is 2. The summed E-state index contributed by atoms with van der Waals surface area (Å²) >= 11 is 3.48. The van der Waals surface area contributed by atoms with E-state index < -0.39 is 0 Å². The number of benzene rings is 1. The van der Waals surface area contributed by atoms with Crippen LogP contribution in [0.4, 0.5) is 0 Å². The van der Waals surface area contributed by atoms with Crippen molar-refractivity contribution in [2.45, 2.75) is 26.3 Å². The molecule has 0 spiro atoms. The molecule has 0 amide bonds. The molecular formula is C12H14BrNO. The highest BCUT2D eigenvalue weighted by atomic mass is 79.9. The minimum Gasteiger partial charge on any atom is -0.475 e. The fraction of sp³-hybridized carbons (Fsp3) is 0.417. The van der Waals surface area contributed by atoms with Crippen molar-refractivity contribution in [3.63, 3.8) is 0 Å². The summed E-state index contributed by atoms with van der Waals surface area (Å²) in [6.45, 7) is 6.88. The lowest BCUT2D eigenvalue weighted by Crippen LogP contribution is -2.17. The van der Waals surface area contributed by atoms with Gasteiger partial charge in [-0.15, -0.1) is 0 Å². The van der Waals surface area contributed by atoms with Crippen LogP contribution < -0.4 is 0 Å². The summed E-state index contributed by atoms with van der Waals surface area (Å²) < 4.78 is 6.70. The van der Waals surface area contributed by atoms with Gasteiger partial charge in [0.15, 0.2) is 0 Å². The van der Waals surface area contributed by atoms with Gasteiger partial charge in [0.25, 0.3) is 0 Å². The standard InChI is InChI=1S/C12H14BrNO/c1-8-6-9(4-5-10(8)13)11-14-12(2,3)7-15-11/h4-6H,7H2,1-3H3. The van der Waals surface area contributed by atoms with E-state index in [0.717, 1.165) is 15.9 Å². The average molecular weight is 268 g/mol. The largest absolute Gasteiger partial charge is 0.475 e. The molecule has 3 heteroatoms. The van der Waals surface area contributed by atoms with Crippen LogP contribution in [0.5, 0.6) is 0 Å². The quantitative estimate of drug-likeness (QED) is 0.765. The van der Waals surface area contributed by atoms with Crippen LogP contribution in [0.1, 0.15) is 25.0 Å². The maximum Gasteiger partial charge on any atom is 0.216 e. The molecule has 15 heavy (non-hydrogen) atoms. The van der Waals surface area contributed by atoms with E-state index in [4.69, 9.17) is 4.74 Å². The molecule has 1 heterocycles. The van der Waals surface area contributed by atoms with Crippen molar-refractivity contribution < 1.29 is 4.74 Å². The summed E-state index contributed by atoms with van der Waals surface area (Å²) in [5.74, 6) is 0.760. The van der Waals surface area contributed by atoms with E-state index in [2.05, 4.69) is 47.8 Å². The fourth-order valence-corrected chi connectivity index (χ4v) is 1.76. The summed E-state index contributed by atoms with van der Waals surface area (Å²) in [6.07, 6.45) is 0. The van der Waals surface area contributed by atoms with E-state index in [1.807, 2.05) is 12.1 Å². The first-order chi connectivity index (χ1) is 6.98. The Kier molecular flexibility index (Phi) is 2.59. The lowest BCUT2D eigenvalue weighted by Gasteiger charge is -2.07. The van der Waals surface area contributed by atoms with E-state index in [0.29, 0.717) is 6.61 Å². The number of nitrogens with zero attached hydrogens (tertiary/aromatic N) is 1. The van der Waals surface area contributed by atoms with Gasteiger partial charge in [0.05, 0.1) is 5.54 Å². The summed E-state index contributed by atoms with van der Waals surface area (Å²) in [5, 5.41) is 0. The van der Waals surface area contributed by atoms with Gasteiger partial charge >= 0.3 is 0 Å². The van der Waals surface area contributed by atoms with E-state index in [9.17, 15) is 0 Å². The molecule has 0 N–H and O–H groups in total. The van der Waals surface area contributed by atoms with Crippen molar-refractivity contribution >= 4 is 21.8 Å². The van der Waals surface area contributed by atoms with Gasteiger partial charge in [0.1, 0.15) is 6.61 Å². The van der Waals surface area contributed by atoms with Crippen molar-refractivity contribution in [3.05, 3.63) is 33.8 Å². The predicted molar refractivity (Wildman–Crippen MR) is 65.4 cm³/mol. The highest BCUT2D eigenvalue weighted by molar-refractivity contribution is 9.10. The van der Waals surface area contributed by atoms with Gasteiger partial charge in [-0.25, -0.2) is 4.99 Å². The van der Waals surface area contributed by atoms with Crippen molar-refractivity contribution in [1.29, 1.82) is 0 Å². The van der Waals surface area contributed by atoms with Crippen LogP contribution in [0, 0.1) is 6.92 Å². The van der Waals surface area contributed by atoms with Gasteiger partial charge in [-0.05, 0) is 44.5 Å². The van der Waals surface area contributed by atoms with Gasteiger partial charge in [0.2, 0.25) is 5.90 Å². The van der Waals surface area contributed by atoms with Crippen molar-refractivity contribution in [2.24, 2.45) is 4.99 Å². The smallest absolute Gasteiger partial charge is 0.216 e. The first kappa shape index (κ1) is 10.7. The molecule has 1 aromatic rings. The highest BCUT2D eigenvalue weighted by Crippen LogP contribution is 2.23. The van der Waals surface area contributed by atoms with Crippen molar-refractivity contribution in [1.82, 2.24) is 0 Å². The van der Waals surface area contributed by atoms with Crippen molar-refractivity contribution in [2.75, 3.05) is 6.61 Å². The second kappa shape index (κ2) is 3.63. The summed E-state index contributed by atoms with van der Waals surface area (Å²) in [6, 6.07) is 6.14. The van der Waals surface area contributed by atoms with E-state index in [1.165, 1.54) is 5.56 Å². The Bertz CT molecular complexity index is 424. The molecule has 2 rings (SSSR count). The number of aliphatic imine (C=N–C) groups is 1. The molecule has 0 unspecified atom stereocenters. The number of aryl methyl sites for hydroxylation is 1. The Morgan fingerprint density at radius 1 is 1.40 bits per heavy atom. The second-order valence-electron chi connectivity index (χ2n) is 4.48. The molecular weight excluding hydrogens is 254 g/mol. The van der Waals surface area contributed by atoms with Crippen LogP contribution in [-0.4, -0.2) is 18.0 Å². The highest BCUT2D eigenvalue weighted by Gasteiger charge is 2.26. The molecule has 0 fully saturated rings. The lowest BCUT2D eigenvalue weighted by molar-refractivity contribution is 0.279. The molecule has 2 nitrogen and oxygen atoms in total. The Hall–Kier alpha value is -0.830. The molecule has 1 aromatic carbocycles. The minimum atomic E-state index is -0.0870. The minimum absolute atomic E-state index is 0.0870. The third-order valence-electron chi connectivity index (χ3n) is 2.37. The number of hydrogen-bond donors (Lipinski definition) is 0. The Balaban J connectivity index is 2.36. The SMILES string of the molecule is Cc1cc(C2=NC(C)(C)CO2)ccc1Br. The second-order valence-corrected chi connectivity index (χ2v) is 5.34. The molecule has 0 saturated carbocycles. The third kappa shape index (κ3) is 2.23. The van der Waals surface area contributed by atoms with Gasteiger partial charge in [-0.2, -0.15) is 0 Å². The lowest BCUT2D eigenvalue weighted by atomic mass is 10.1. The summed E-state index contributed by atoms with van der Waals surface area (Å²) in [4.78, 5) is 4.54. The normalized spacial score (nSPS) is 18.5. The van der Waals surface area contributed by atoms with Crippen molar-refractivity contribution in [3.8, 4) is 0 Å². The Morgan fingerprint density at radius 2 is 2.13 bits per heavy atom. The predicted octanol–water partition coefficient (Wildman–Crippen LogP) is 3.31. The molecule has 1 aliphatic rings. The molecule has 0 atom stereocenters. The molecule has 0 aromatic heterocycles. The van der Waals surface area contributed by atoms with Crippen LogP contribution in [-0.2, 0) is 4.74 Å².